The molecule has 2 aliphatic rings. The molecule has 1 saturated carbocycles. The van der Waals surface area contributed by atoms with Crippen LogP contribution in [0.4, 0.5) is 5.69 Å². The van der Waals surface area contributed by atoms with Crippen LogP contribution in [0.3, 0.4) is 0 Å². The summed E-state index contributed by atoms with van der Waals surface area (Å²) >= 11 is 6.20. The zero-order chi connectivity index (χ0) is 22.6. The topological polar surface area (TPSA) is 103 Å². The number of carbonyl (C=O) groups is 1. The second kappa shape index (κ2) is 7.74. The zero-order valence-corrected chi connectivity index (χ0v) is 19.3. The molecule has 1 saturated heterocycles. The second-order valence-electron chi connectivity index (χ2n) is 8.46. The number of aryl methyl sites for hydroxylation is 1. The molecule has 2 aromatic heterocycles. The molecule has 168 valence electrons. The van der Waals surface area contributed by atoms with Crippen molar-refractivity contribution < 1.29 is 17.9 Å². The van der Waals surface area contributed by atoms with Crippen LogP contribution in [0.2, 0.25) is 5.02 Å². The Hall–Kier alpha value is -2.65. The van der Waals surface area contributed by atoms with Crippen LogP contribution < -0.4 is 10.1 Å². The second-order valence-corrected chi connectivity index (χ2v) is 11.1. The molecule has 0 radical (unpaired) electrons. The summed E-state index contributed by atoms with van der Waals surface area (Å²) in [5.41, 5.74) is 3.10. The number of ether oxygens (including phenoxy) is 1. The van der Waals surface area contributed by atoms with Crippen molar-refractivity contribution in [3.63, 3.8) is 0 Å². The van der Waals surface area contributed by atoms with E-state index in [0.717, 1.165) is 18.5 Å². The molecular weight excluding hydrogens is 452 g/mol. The highest BCUT2D eigenvalue weighted by Crippen LogP contribution is 2.41. The highest BCUT2D eigenvalue weighted by atomic mass is 35.5. The average Bonchev–Trinajstić information content (AvgIpc) is 3.46. The van der Waals surface area contributed by atoms with Crippen molar-refractivity contribution >= 4 is 44.1 Å². The molecule has 0 unspecified atom stereocenters. The van der Waals surface area contributed by atoms with Gasteiger partial charge in [-0.1, -0.05) is 11.6 Å². The van der Waals surface area contributed by atoms with Gasteiger partial charge in [-0.05, 0) is 50.5 Å². The van der Waals surface area contributed by atoms with Gasteiger partial charge in [0.05, 0.1) is 46.3 Å². The number of benzene rings is 1. The van der Waals surface area contributed by atoms with Crippen molar-refractivity contribution in [3.8, 4) is 5.75 Å². The third-order valence-electron chi connectivity index (χ3n) is 6.06. The van der Waals surface area contributed by atoms with Gasteiger partial charge in [-0.3, -0.25) is 4.79 Å². The summed E-state index contributed by atoms with van der Waals surface area (Å²) in [5.74, 6) is 0.742. The van der Waals surface area contributed by atoms with Crippen molar-refractivity contribution in [2.75, 3.05) is 23.9 Å². The maximum Gasteiger partial charge on any atom is 0.256 e. The van der Waals surface area contributed by atoms with Crippen LogP contribution in [0.1, 0.15) is 53.0 Å². The normalized spacial score (nSPS) is 19.9. The number of nitrogens with zero attached hydrogens (tertiary/aromatic N) is 3. The van der Waals surface area contributed by atoms with E-state index < -0.39 is 9.84 Å². The quantitative estimate of drug-likeness (QED) is 0.601. The SMILES string of the molecule is COc1ccc(NC(=O)c2cc(C3CC3)nc3c2c(C)nn3[C@@H]2CCS(=O)(=O)C2)cc1Cl. The third-order valence-corrected chi connectivity index (χ3v) is 8.11. The molecule has 10 heteroatoms. The van der Waals surface area contributed by atoms with Crippen molar-refractivity contribution in [2.24, 2.45) is 0 Å². The minimum absolute atomic E-state index is 0.0461. The van der Waals surface area contributed by atoms with E-state index in [1.807, 2.05) is 13.0 Å². The molecule has 3 aromatic rings. The number of amides is 1. The lowest BCUT2D eigenvalue weighted by molar-refractivity contribution is 0.102. The summed E-state index contributed by atoms with van der Waals surface area (Å²) in [7, 11) is -1.55. The van der Waals surface area contributed by atoms with Gasteiger partial charge in [0.15, 0.2) is 15.5 Å². The minimum Gasteiger partial charge on any atom is -0.495 e. The van der Waals surface area contributed by atoms with Crippen molar-refractivity contribution in [1.29, 1.82) is 0 Å². The number of pyridine rings is 1. The fraction of sp³-hybridized carbons (Fsp3) is 0.409. The molecular formula is C22H23ClN4O4S. The lowest BCUT2D eigenvalue weighted by atomic mass is 10.1. The van der Waals surface area contributed by atoms with Gasteiger partial charge in [0.2, 0.25) is 0 Å². The van der Waals surface area contributed by atoms with Crippen LogP contribution >= 0.6 is 11.6 Å². The Morgan fingerprint density at radius 3 is 2.66 bits per heavy atom. The molecule has 1 N–H and O–H groups in total. The summed E-state index contributed by atoms with van der Waals surface area (Å²) in [6.45, 7) is 1.82. The van der Waals surface area contributed by atoms with Gasteiger partial charge in [0, 0.05) is 17.3 Å². The van der Waals surface area contributed by atoms with E-state index in [-0.39, 0.29) is 23.5 Å². The van der Waals surface area contributed by atoms with Crippen molar-refractivity contribution in [1.82, 2.24) is 14.8 Å². The number of rotatable bonds is 5. The number of nitrogens with one attached hydrogen (secondary N) is 1. The Labute approximate surface area is 190 Å². The van der Waals surface area contributed by atoms with Crippen LogP contribution in [0, 0.1) is 6.92 Å². The highest BCUT2D eigenvalue weighted by Gasteiger charge is 2.34. The molecule has 2 fully saturated rings. The van der Waals surface area contributed by atoms with Gasteiger partial charge in [0.1, 0.15) is 5.75 Å². The number of anilines is 1. The fourth-order valence-corrected chi connectivity index (χ4v) is 6.21. The average molecular weight is 475 g/mol. The summed E-state index contributed by atoms with van der Waals surface area (Å²) < 4.78 is 31.0. The molecule has 3 heterocycles. The summed E-state index contributed by atoms with van der Waals surface area (Å²) in [4.78, 5) is 18.2. The number of sulfone groups is 1. The van der Waals surface area contributed by atoms with Gasteiger partial charge < -0.3 is 10.1 Å². The maximum absolute atomic E-state index is 13.3. The van der Waals surface area contributed by atoms with Gasteiger partial charge >= 0.3 is 0 Å². The van der Waals surface area contributed by atoms with E-state index in [2.05, 4.69) is 10.4 Å². The van der Waals surface area contributed by atoms with Crippen LogP contribution in [0.5, 0.6) is 5.75 Å². The summed E-state index contributed by atoms with van der Waals surface area (Å²) in [5, 5.41) is 8.57. The molecule has 1 aromatic carbocycles. The Bertz CT molecular complexity index is 1350. The highest BCUT2D eigenvalue weighted by molar-refractivity contribution is 7.91. The van der Waals surface area contributed by atoms with E-state index in [9.17, 15) is 13.2 Å². The third kappa shape index (κ3) is 3.84. The van der Waals surface area contributed by atoms with E-state index in [4.69, 9.17) is 21.3 Å². The number of carbonyl (C=O) groups excluding carboxylic acids is 1. The standard InChI is InChI=1S/C22H23ClN4O4S/c1-12-20-16(22(28)24-14-5-6-19(31-2)17(23)9-14)10-18(13-3-4-13)25-21(20)27(26-12)15-7-8-32(29,30)11-15/h5-6,9-10,13,15H,3-4,7-8,11H2,1-2H3,(H,24,28)/t15-/m1/s1. The van der Waals surface area contributed by atoms with Crippen LogP contribution in [0.15, 0.2) is 24.3 Å². The minimum atomic E-state index is -3.08. The molecule has 1 aliphatic heterocycles. The smallest absolute Gasteiger partial charge is 0.256 e. The number of hydrogen-bond donors (Lipinski definition) is 1. The zero-order valence-electron chi connectivity index (χ0n) is 17.8. The Kier molecular flexibility index (Phi) is 5.13. The van der Waals surface area contributed by atoms with Crippen LogP contribution in [-0.2, 0) is 9.84 Å². The van der Waals surface area contributed by atoms with E-state index in [0.29, 0.717) is 51.1 Å². The van der Waals surface area contributed by atoms with Gasteiger partial charge in [-0.2, -0.15) is 5.10 Å². The van der Waals surface area contributed by atoms with Crippen molar-refractivity contribution in [2.45, 2.75) is 38.1 Å². The first-order valence-corrected chi connectivity index (χ1v) is 12.7. The molecule has 1 amide bonds. The first kappa shape index (κ1) is 21.2. The molecule has 8 nitrogen and oxygen atoms in total. The van der Waals surface area contributed by atoms with Crippen molar-refractivity contribution in [3.05, 3.63) is 46.2 Å². The van der Waals surface area contributed by atoms with Gasteiger partial charge in [0.25, 0.3) is 5.91 Å². The number of methoxy groups -OCH3 is 1. The molecule has 5 rings (SSSR count). The Morgan fingerprint density at radius 1 is 1.25 bits per heavy atom. The lowest BCUT2D eigenvalue weighted by Crippen LogP contribution is -2.15. The van der Waals surface area contributed by atoms with E-state index in [1.165, 1.54) is 7.11 Å². The maximum atomic E-state index is 13.3. The number of aromatic nitrogens is 3. The summed E-state index contributed by atoms with van der Waals surface area (Å²) in [6, 6.07) is 6.62. The van der Waals surface area contributed by atoms with Crippen LogP contribution in [0.25, 0.3) is 11.0 Å². The van der Waals surface area contributed by atoms with Gasteiger partial charge in [-0.25, -0.2) is 18.1 Å². The first-order valence-electron chi connectivity index (χ1n) is 10.5. The molecule has 32 heavy (non-hydrogen) atoms. The predicted molar refractivity (Wildman–Crippen MR) is 123 cm³/mol. The summed E-state index contributed by atoms with van der Waals surface area (Å²) in [6.07, 6.45) is 2.55. The van der Waals surface area contributed by atoms with Crippen LogP contribution in [-0.4, -0.2) is 47.7 Å². The Balaban J connectivity index is 1.58. The fourth-order valence-electron chi connectivity index (χ4n) is 4.27. The first-order chi connectivity index (χ1) is 15.3. The molecule has 1 aliphatic carbocycles. The van der Waals surface area contributed by atoms with E-state index in [1.54, 1.807) is 22.9 Å². The predicted octanol–water partition coefficient (Wildman–Crippen LogP) is 3.89. The Morgan fingerprint density at radius 2 is 2.03 bits per heavy atom. The monoisotopic (exact) mass is 474 g/mol. The number of halogens is 1. The number of fused-ring (bicyclic) bond motifs is 1. The molecule has 1 atom stereocenters. The van der Waals surface area contributed by atoms with Gasteiger partial charge in [-0.15, -0.1) is 0 Å². The lowest BCUT2D eigenvalue weighted by Gasteiger charge is -2.12. The largest absolute Gasteiger partial charge is 0.495 e. The van der Waals surface area contributed by atoms with E-state index >= 15 is 0 Å². The number of hydrogen-bond acceptors (Lipinski definition) is 6. The molecule has 0 bridgehead atoms. The molecule has 0 spiro atoms.